The van der Waals surface area contributed by atoms with Crippen molar-refractivity contribution in [2.24, 2.45) is 5.92 Å². The highest BCUT2D eigenvalue weighted by Crippen LogP contribution is 2.38. The van der Waals surface area contributed by atoms with E-state index in [-0.39, 0.29) is 11.5 Å². The summed E-state index contributed by atoms with van der Waals surface area (Å²) in [5.74, 6) is 1.16. The number of amides is 1. The van der Waals surface area contributed by atoms with E-state index in [0.717, 1.165) is 18.7 Å². The first-order valence-electron chi connectivity index (χ1n) is 10.5. The molecule has 31 heavy (non-hydrogen) atoms. The highest BCUT2D eigenvalue weighted by atomic mass is 16.5. The van der Waals surface area contributed by atoms with E-state index < -0.39 is 5.97 Å². The predicted octanol–water partition coefficient (Wildman–Crippen LogP) is 3.29. The normalized spacial score (nSPS) is 20.9. The van der Waals surface area contributed by atoms with Gasteiger partial charge in [0.15, 0.2) is 5.82 Å². The second kappa shape index (κ2) is 8.41. The van der Waals surface area contributed by atoms with Gasteiger partial charge in [0.1, 0.15) is 11.4 Å². The van der Waals surface area contributed by atoms with Crippen molar-refractivity contribution in [3.05, 3.63) is 30.0 Å². The smallest absolute Gasteiger partial charge is 0.335 e. The van der Waals surface area contributed by atoms with Gasteiger partial charge in [0.25, 0.3) is 0 Å². The number of hydrogen-bond donors (Lipinski definition) is 2. The van der Waals surface area contributed by atoms with E-state index in [9.17, 15) is 14.7 Å². The van der Waals surface area contributed by atoms with Crippen molar-refractivity contribution in [1.29, 1.82) is 0 Å². The number of carboxylic acids is 1. The highest BCUT2D eigenvalue weighted by molar-refractivity contribution is 5.97. The van der Waals surface area contributed by atoms with Crippen LogP contribution < -0.4 is 19.9 Å². The van der Waals surface area contributed by atoms with Gasteiger partial charge in [-0.3, -0.25) is 4.79 Å². The fourth-order valence-electron chi connectivity index (χ4n) is 4.36. The van der Waals surface area contributed by atoms with Gasteiger partial charge in [0.05, 0.1) is 24.6 Å². The Morgan fingerprint density at radius 3 is 2.81 bits per heavy atom. The number of carbonyl (C=O) groups is 2. The average Bonchev–Trinajstić information content (AvgIpc) is 3.14. The molecule has 0 bridgehead atoms. The molecule has 2 aromatic rings. The quantitative estimate of drug-likeness (QED) is 0.751. The lowest BCUT2D eigenvalue weighted by Gasteiger charge is -2.30. The highest BCUT2D eigenvalue weighted by Gasteiger charge is 2.33. The summed E-state index contributed by atoms with van der Waals surface area (Å²) >= 11 is 0. The van der Waals surface area contributed by atoms with Crippen molar-refractivity contribution in [3.8, 4) is 5.75 Å². The molecule has 1 aliphatic carbocycles. The molecule has 4 rings (SSSR count). The van der Waals surface area contributed by atoms with Crippen LogP contribution in [0.15, 0.2) is 24.4 Å². The Kier molecular flexibility index (Phi) is 5.67. The van der Waals surface area contributed by atoms with Crippen LogP contribution in [-0.4, -0.2) is 53.7 Å². The van der Waals surface area contributed by atoms with Gasteiger partial charge >= 0.3 is 5.97 Å². The van der Waals surface area contributed by atoms with Crippen LogP contribution in [0.4, 0.5) is 23.1 Å². The van der Waals surface area contributed by atoms with E-state index in [0.29, 0.717) is 48.0 Å². The maximum atomic E-state index is 12.5. The molecule has 0 spiro atoms. The molecule has 164 valence electrons. The molecule has 2 atom stereocenters. The summed E-state index contributed by atoms with van der Waals surface area (Å²) in [5.41, 5.74) is 1.39. The van der Waals surface area contributed by atoms with Gasteiger partial charge in [-0.1, -0.05) is 6.92 Å². The third-order valence-electron chi connectivity index (χ3n) is 6.13. The monoisotopic (exact) mass is 425 g/mol. The molecule has 1 aliphatic heterocycles. The van der Waals surface area contributed by atoms with Gasteiger partial charge in [-0.2, -0.15) is 4.98 Å². The van der Waals surface area contributed by atoms with Crippen molar-refractivity contribution >= 4 is 35.0 Å². The largest absolute Gasteiger partial charge is 0.495 e. The number of methoxy groups -OCH3 is 1. The summed E-state index contributed by atoms with van der Waals surface area (Å²) < 4.78 is 5.34. The van der Waals surface area contributed by atoms with Crippen LogP contribution >= 0.6 is 0 Å². The lowest BCUT2D eigenvalue weighted by Crippen LogP contribution is -2.35. The SMILES string of the molecule is COc1cc(C(=O)O)ccc1Nc1ncc2c(n1)N(C1CCC(C)C1)CCC(=O)N2C. The molecule has 2 unspecified atom stereocenters. The molecular weight excluding hydrogens is 398 g/mol. The third kappa shape index (κ3) is 4.12. The van der Waals surface area contributed by atoms with Gasteiger partial charge in [-0.25, -0.2) is 9.78 Å². The Hall–Kier alpha value is -3.36. The van der Waals surface area contributed by atoms with Crippen LogP contribution in [0.25, 0.3) is 0 Å². The van der Waals surface area contributed by atoms with E-state index in [1.54, 1.807) is 24.2 Å². The second-order valence-corrected chi connectivity index (χ2v) is 8.22. The summed E-state index contributed by atoms with van der Waals surface area (Å²) in [6.07, 6.45) is 5.43. The first-order valence-corrected chi connectivity index (χ1v) is 10.5. The van der Waals surface area contributed by atoms with E-state index in [2.05, 4.69) is 22.1 Å². The maximum absolute atomic E-state index is 12.5. The third-order valence-corrected chi connectivity index (χ3v) is 6.13. The first kappa shape index (κ1) is 20.9. The van der Waals surface area contributed by atoms with Crippen molar-refractivity contribution in [3.63, 3.8) is 0 Å². The predicted molar refractivity (Wildman–Crippen MR) is 117 cm³/mol. The molecular formula is C22H27N5O4. The number of benzene rings is 1. The molecule has 9 heteroatoms. The number of aromatic carboxylic acids is 1. The zero-order chi connectivity index (χ0) is 22.1. The molecule has 9 nitrogen and oxygen atoms in total. The average molecular weight is 425 g/mol. The number of ether oxygens (including phenoxy) is 1. The summed E-state index contributed by atoms with van der Waals surface area (Å²) in [6.45, 7) is 2.89. The fourth-order valence-corrected chi connectivity index (χ4v) is 4.36. The van der Waals surface area contributed by atoms with Crippen LogP contribution in [-0.2, 0) is 4.79 Å². The summed E-state index contributed by atoms with van der Waals surface area (Å²) in [4.78, 5) is 36.8. The molecule has 2 N–H and O–H groups in total. The van der Waals surface area contributed by atoms with Gasteiger partial charge in [0, 0.05) is 26.1 Å². The van der Waals surface area contributed by atoms with Crippen molar-refractivity contribution in [2.45, 2.75) is 38.6 Å². The number of carbonyl (C=O) groups excluding carboxylic acids is 1. The van der Waals surface area contributed by atoms with E-state index >= 15 is 0 Å². The van der Waals surface area contributed by atoms with Crippen LogP contribution in [0.2, 0.25) is 0 Å². The lowest BCUT2D eigenvalue weighted by atomic mass is 10.1. The maximum Gasteiger partial charge on any atom is 0.335 e. The number of anilines is 4. The van der Waals surface area contributed by atoms with Crippen molar-refractivity contribution < 1.29 is 19.4 Å². The van der Waals surface area contributed by atoms with Gasteiger partial charge in [-0.05, 0) is 43.4 Å². The minimum atomic E-state index is -1.03. The van der Waals surface area contributed by atoms with Crippen LogP contribution in [0.3, 0.4) is 0 Å². The topological polar surface area (TPSA) is 108 Å². The molecule has 0 radical (unpaired) electrons. The standard InChI is InChI=1S/C22H27N5O4/c1-13-4-6-15(10-13)27-9-8-19(28)26(2)17-12-23-22(25-20(17)27)24-16-7-5-14(21(29)30)11-18(16)31-3/h5,7,11-13,15H,4,6,8-10H2,1-3H3,(H,29,30)(H,23,24,25). The number of nitrogens with zero attached hydrogens (tertiary/aromatic N) is 4. The Morgan fingerprint density at radius 1 is 1.32 bits per heavy atom. The number of aromatic nitrogens is 2. The van der Waals surface area contributed by atoms with Crippen LogP contribution in [0.5, 0.6) is 5.75 Å². The number of hydrogen-bond acceptors (Lipinski definition) is 7. The Balaban J connectivity index is 1.69. The number of nitrogens with one attached hydrogen (secondary N) is 1. The Morgan fingerprint density at radius 2 is 2.13 bits per heavy atom. The van der Waals surface area contributed by atoms with Gasteiger partial charge in [0.2, 0.25) is 11.9 Å². The van der Waals surface area contributed by atoms with Crippen molar-refractivity contribution in [2.75, 3.05) is 35.8 Å². The van der Waals surface area contributed by atoms with E-state index in [1.165, 1.54) is 25.7 Å². The summed E-state index contributed by atoms with van der Waals surface area (Å²) in [6, 6.07) is 4.92. The molecule has 1 saturated carbocycles. The van der Waals surface area contributed by atoms with Crippen LogP contribution in [0, 0.1) is 5.92 Å². The zero-order valence-corrected chi connectivity index (χ0v) is 18.0. The lowest BCUT2D eigenvalue weighted by molar-refractivity contribution is -0.118. The summed E-state index contributed by atoms with van der Waals surface area (Å²) in [5, 5.41) is 12.3. The molecule has 2 aliphatic rings. The van der Waals surface area contributed by atoms with Crippen LogP contribution in [0.1, 0.15) is 43.0 Å². The molecule has 2 heterocycles. The van der Waals surface area contributed by atoms with Gasteiger partial charge < -0.3 is 25.0 Å². The van der Waals surface area contributed by atoms with E-state index in [1.807, 2.05) is 0 Å². The molecule has 1 amide bonds. The Bertz CT molecular complexity index is 1010. The van der Waals surface area contributed by atoms with E-state index in [4.69, 9.17) is 9.72 Å². The summed E-state index contributed by atoms with van der Waals surface area (Å²) in [7, 11) is 3.24. The minimum Gasteiger partial charge on any atom is -0.495 e. The van der Waals surface area contributed by atoms with Gasteiger partial charge in [-0.15, -0.1) is 0 Å². The fraction of sp³-hybridized carbons (Fsp3) is 0.455. The first-order chi connectivity index (χ1) is 14.9. The second-order valence-electron chi connectivity index (χ2n) is 8.22. The molecule has 1 fully saturated rings. The number of fused-ring (bicyclic) bond motifs is 1. The minimum absolute atomic E-state index is 0.0463. The molecule has 1 aromatic carbocycles. The molecule has 1 aromatic heterocycles. The Labute approximate surface area is 181 Å². The number of rotatable bonds is 5. The zero-order valence-electron chi connectivity index (χ0n) is 18.0. The van der Waals surface area contributed by atoms with Crippen molar-refractivity contribution in [1.82, 2.24) is 9.97 Å². The molecule has 0 saturated heterocycles. The number of carboxylic acid groups (broad SMARTS) is 1.